The quantitative estimate of drug-likeness (QED) is 0.828. The second-order valence-corrected chi connectivity index (χ2v) is 4.23. The zero-order chi connectivity index (χ0) is 13.1. The molecule has 0 saturated carbocycles. The van der Waals surface area contributed by atoms with E-state index in [4.69, 9.17) is 16.3 Å². The van der Waals surface area contributed by atoms with Crippen LogP contribution < -0.4 is 10.2 Å². The van der Waals surface area contributed by atoms with Crippen LogP contribution in [-0.4, -0.2) is 24.3 Å². The van der Waals surface area contributed by atoms with Gasteiger partial charge in [0.05, 0.1) is 12.1 Å². The van der Waals surface area contributed by atoms with Crippen LogP contribution in [0.1, 0.15) is 0 Å². The van der Waals surface area contributed by atoms with Crippen LogP contribution in [0.25, 0.3) is 11.1 Å². The fourth-order valence-electron chi connectivity index (χ4n) is 1.80. The first kappa shape index (κ1) is 13.0. The van der Waals surface area contributed by atoms with E-state index in [2.05, 4.69) is 0 Å². The zero-order valence-corrected chi connectivity index (χ0v) is 10.6. The Hall–Kier alpha value is -1.49. The van der Waals surface area contributed by atoms with Crippen molar-refractivity contribution in [2.45, 2.75) is 0 Å². The van der Waals surface area contributed by atoms with Crippen LogP contribution in [-0.2, 0) is 0 Å². The Bertz CT molecular complexity index is 543. The van der Waals surface area contributed by atoms with Crippen molar-refractivity contribution >= 4 is 24.2 Å². The summed E-state index contributed by atoms with van der Waals surface area (Å²) in [7, 11) is -0.0289. The molecule has 2 aromatic carbocycles. The van der Waals surface area contributed by atoms with Crippen LogP contribution >= 0.6 is 11.6 Å². The minimum Gasteiger partial charge on any atom is -0.495 e. The molecule has 0 aromatic heterocycles. The molecule has 3 nitrogen and oxygen atoms in total. The average molecular weight is 263 g/mol. The molecule has 0 aliphatic rings. The van der Waals surface area contributed by atoms with Gasteiger partial charge in [0.15, 0.2) is 0 Å². The Morgan fingerprint density at radius 1 is 1.11 bits per heavy atom. The lowest BCUT2D eigenvalue weighted by atomic mass is 9.79. The van der Waals surface area contributed by atoms with Gasteiger partial charge in [0.25, 0.3) is 0 Å². The van der Waals surface area contributed by atoms with Crippen molar-refractivity contribution in [1.82, 2.24) is 0 Å². The van der Waals surface area contributed by atoms with E-state index in [9.17, 15) is 10.0 Å². The van der Waals surface area contributed by atoms with Gasteiger partial charge in [-0.05, 0) is 17.1 Å². The van der Waals surface area contributed by atoms with Crippen molar-refractivity contribution in [2.75, 3.05) is 7.11 Å². The number of hydrogen-bond acceptors (Lipinski definition) is 3. The summed E-state index contributed by atoms with van der Waals surface area (Å²) < 4.78 is 5.27. The molecular weight excluding hydrogens is 250 g/mol. The molecule has 0 spiro atoms. The number of hydrogen-bond donors (Lipinski definition) is 2. The SMILES string of the molecule is COc1c(Cl)cc(B(O)O)cc1-c1ccccc1. The molecule has 0 unspecified atom stereocenters. The van der Waals surface area contributed by atoms with Gasteiger partial charge in [0.2, 0.25) is 0 Å². The van der Waals surface area contributed by atoms with E-state index in [1.165, 1.54) is 13.2 Å². The van der Waals surface area contributed by atoms with E-state index in [0.29, 0.717) is 16.2 Å². The Morgan fingerprint density at radius 3 is 2.33 bits per heavy atom. The van der Waals surface area contributed by atoms with Crippen LogP contribution in [0.4, 0.5) is 0 Å². The fourth-order valence-corrected chi connectivity index (χ4v) is 2.11. The molecule has 0 amide bonds. The molecule has 92 valence electrons. The fraction of sp³-hybridized carbons (Fsp3) is 0.0769. The summed E-state index contributed by atoms with van der Waals surface area (Å²) in [5.41, 5.74) is 1.96. The highest BCUT2D eigenvalue weighted by Gasteiger charge is 2.18. The minimum atomic E-state index is -1.56. The number of methoxy groups -OCH3 is 1. The highest BCUT2D eigenvalue weighted by atomic mass is 35.5. The maximum Gasteiger partial charge on any atom is 0.488 e. The van der Waals surface area contributed by atoms with Crippen LogP contribution in [0.3, 0.4) is 0 Å². The van der Waals surface area contributed by atoms with E-state index >= 15 is 0 Å². The maximum atomic E-state index is 9.24. The first-order chi connectivity index (χ1) is 8.63. The van der Waals surface area contributed by atoms with Crippen LogP contribution in [0.15, 0.2) is 42.5 Å². The third kappa shape index (κ3) is 2.51. The summed E-state index contributed by atoms with van der Waals surface area (Å²) in [5.74, 6) is 0.521. The highest BCUT2D eigenvalue weighted by molar-refractivity contribution is 6.59. The Balaban J connectivity index is 2.64. The summed E-state index contributed by atoms with van der Waals surface area (Å²) in [5, 5.41) is 18.8. The van der Waals surface area contributed by atoms with Gasteiger partial charge in [-0.1, -0.05) is 48.0 Å². The number of halogens is 1. The largest absolute Gasteiger partial charge is 0.495 e. The van der Waals surface area contributed by atoms with Crippen LogP contribution in [0, 0.1) is 0 Å². The lowest BCUT2D eigenvalue weighted by molar-refractivity contribution is 0.416. The van der Waals surface area contributed by atoms with Gasteiger partial charge in [0, 0.05) is 5.56 Å². The van der Waals surface area contributed by atoms with Crippen molar-refractivity contribution in [3.63, 3.8) is 0 Å². The lowest BCUT2D eigenvalue weighted by Crippen LogP contribution is -2.30. The molecule has 2 rings (SSSR count). The van der Waals surface area contributed by atoms with E-state index in [0.717, 1.165) is 11.1 Å². The summed E-state index contributed by atoms with van der Waals surface area (Å²) in [6, 6.07) is 12.6. The van der Waals surface area contributed by atoms with E-state index in [1.54, 1.807) is 6.07 Å². The monoisotopic (exact) mass is 262 g/mol. The van der Waals surface area contributed by atoms with Crippen molar-refractivity contribution in [3.05, 3.63) is 47.5 Å². The third-order valence-electron chi connectivity index (χ3n) is 2.65. The summed E-state index contributed by atoms with van der Waals surface area (Å²) in [4.78, 5) is 0. The molecule has 2 aromatic rings. The minimum absolute atomic E-state index is 0.333. The predicted octanol–water partition coefficient (Wildman–Crippen LogP) is 1.70. The standard InChI is InChI=1S/C13H12BClO3/c1-18-13-11(9-5-3-2-4-6-9)7-10(14(16)17)8-12(13)15/h2-8,16-17H,1H3. The second kappa shape index (κ2) is 5.44. The van der Waals surface area contributed by atoms with Crippen molar-refractivity contribution in [3.8, 4) is 16.9 Å². The molecule has 5 heteroatoms. The zero-order valence-electron chi connectivity index (χ0n) is 9.80. The van der Waals surface area contributed by atoms with E-state index in [1.807, 2.05) is 30.3 Å². The number of ether oxygens (including phenoxy) is 1. The Kier molecular flexibility index (Phi) is 3.92. The molecule has 2 N–H and O–H groups in total. The average Bonchev–Trinajstić information content (AvgIpc) is 2.38. The molecule has 0 aliphatic heterocycles. The number of rotatable bonds is 3. The van der Waals surface area contributed by atoms with Crippen LogP contribution in [0.5, 0.6) is 5.75 Å². The Labute approximate surface area is 111 Å². The van der Waals surface area contributed by atoms with E-state index < -0.39 is 7.12 Å². The third-order valence-corrected chi connectivity index (χ3v) is 2.93. The van der Waals surface area contributed by atoms with Gasteiger partial charge in [-0.3, -0.25) is 0 Å². The van der Waals surface area contributed by atoms with Crippen molar-refractivity contribution in [2.24, 2.45) is 0 Å². The van der Waals surface area contributed by atoms with Gasteiger partial charge in [-0.15, -0.1) is 0 Å². The molecule has 0 fully saturated rings. The topological polar surface area (TPSA) is 49.7 Å². The van der Waals surface area contributed by atoms with Gasteiger partial charge < -0.3 is 14.8 Å². The van der Waals surface area contributed by atoms with Crippen molar-refractivity contribution < 1.29 is 14.8 Å². The van der Waals surface area contributed by atoms with Gasteiger partial charge in [0.1, 0.15) is 5.75 Å². The molecule has 0 heterocycles. The molecule has 0 saturated heterocycles. The molecule has 0 bridgehead atoms. The second-order valence-electron chi connectivity index (χ2n) is 3.82. The molecule has 0 aliphatic carbocycles. The summed E-state index contributed by atoms with van der Waals surface area (Å²) in [6.07, 6.45) is 0. The molecular formula is C13H12BClO3. The summed E-state index contributed by atoms with van der Waals surface area (Å²) >= 11 is 6.08. The van der Waals surface area contributed by atoms with Gasteiger partial charge >= 0.3 is 7.12 Å². The predicted molar refractivity (Wildman–Crippen MR) is 73.3 cm³/mol. The van der Waals surface area contributed by atoms with Crippen molar-refractivity contribution in [1.29, 1.82) is 0 Å². The molecule has 0 atom stereocenters. The summed E-state index contributed by atoms with van der Waals surface area (Å²) in [6.45, 7) is 0. The first-order valence-corrected chi connectivity index (χ1v) is 5.80. The maximum absolute atomic E-state index is 9.24. The first-order valence-electron chi connectivity index (χ1n) is 5.42. The van der Waals surface area contributed by atoms with Crippen LogP contribution in [0.2, 0.25) is 5.02 Å². The highest BCUT2D eigenvalue weighted by Crippen LogP contribution is 2.35. The molecule has 18 heavy (non-hydrogen) atoms. The lowest BCUT2D eigenvalue weighted by Gasteiger charge is -2.13. The van der Waals surface area contributed by atoms with E-state index in [-0.39, 0.29) is 0 Å². The number of benzene rings is 2. The Morgan fingerprint density at radius 2 is 1.78 bits per heavy atom. The smallest absolute Gasteiger partial charge is 0.488 e. The van der Waals surface area contributed by atoms with Gasteiger partial charge in [-0.2, -0.15) is 0 Å². The normalized spacial score (nSPS) is 10.2. The van der Waals surface area contributed by atoms with Gasteiger partial charge in [-0.25, -0.2) is 0 Å². The molecule has 0 radical (unpaired) electrons.